The molecule has 1 aliphatic heterocycles. The van der Waals surface area contributed by atoms with Gasteiger partial charge in [0.15, 0.2) is 0 Å². The Kier molecular flexibility index (Phi) is 3.58. The fraction of sp³-hybridized carbons (Fsp3) is 0.0357. The molecule has 1 aliphatic rings. The second-order valence-electron chi connectivity index (χ2n) is 8.13. The van der Waals surface area contributed by atoms with Crippen molar-refractivity contribution in [3.05, 3.63) is 109 Å². The summed E-state index contributed by atoms with van der Waals surface area (Å²) in [5.41, 5.74) is 5.22. The highest BCUT2D eigenvalue weighted by atomic mass is 16.3. The molecule has 4 heterocycles. The molecule has 0 bridgehead atoms. The van der Waals surface area contributed by atoms with E-state index in [1.807, 2.05) is 24.5 Å². The van der Waals surface area contributed by atoms with E-state index in [0.717, 1.165) is 44.4 Å². The first-order valence-electron chi connectivity index (χ1n) is 10.8. The first-order chi connectivity index (χ1) is 15.9. The lowest BCUT2D eigenvalue weighted by Crippen LogP contribution is -2.23. The van der Waals surface area contributed by atoms with Crippen LogP contribution in [0.15, 0.2) is 108 Å². The Hall–Kier alpha value is -4.31. The van der Waals surface area contributed by atoms with E-state index in [-0.39, 0.29) is 6.04 Å². The van der Waals surface area contributed by atoms with Gasteiger partial charge in [-0.3, -0.25) is 9.55 Å². The minimum absolute atomic E-state index is 0.00727. The van der Waals surface area contributed by atoms with E-state index < -0.39 is 0 Å². The molecule has 1 unspecified atom stereocenters. The van der Waals surface area contributed by atoms with Crippen molar-refractivity contribution in [2.75, 3.05) is 0 Å². The molecule has 3 aromatic carbocycles. The van der Waals surface area contributed by atoms with Gasteiger partial charge in [0.1, 0.15) is 17.0 Å². The molecule has 0 spiro atoms. The van der Waals surface area contributed by atoms with Crippen LogP contribution < -0.4 is 5.32 Å². The number of rotatable bonds is 2. The molecular weight excluding hydrogens is 394 g/mol. The number of fused-ring (bicyclic) bond motifs is 6. The Labute approximate surface area is 184 Å². The maximum Gasteiger partial charge on any atom is 0.141 e. The summed E-state index contributed by atoms with van der Waals surface area (Å²) in [6.07, 6.45) is 10.2. The number of furan rings is 1. The summed E-state index contributed by atoms with van der Waals surface area (Å²) in [7, 11) is 0. The van der Waals surface area contributed by atoms with Crippen LogP contribution in [0.25, 0.3) is 49.6 Å². The fourth-order valence-electron chi connectivity index (χ4n) is 4.93. The molecule has 0 fully saturated rings. The van der Waals surface area contributed by atoms with Gasteiger partial charge in [-0.05, 0) is 24.3 Å². The number of allylic oxidation sites excluding steroid dienone is 2. The van der Waals surface area contributed by atoms with Crippen LogP contribution in [0.3, 0.4) is 0 Å². The zero-order valence-electron chi connectivity index (χ0n) is 17.2. The third kappa shape index (κ3) is 2.41. The first-order valence-corrected chi connectivity index (χ1v) is 10.8. The van der Waals surface area contributed by atoms with Crippen molar-refractivity contribution in [1.29, 1.82) is 0 Å². The molecule has 7 rings (SSSR count). The van der Waals surface area contributed by atoms with E-state index in [4.69, 9.17) is 4.42 Å². The maximum atomic E-state index is 6.29. The largest absolute Gasteiger partial charge is 0.456 e. The number of pyridine rings is 1. The quantitative estimate of drug-likeness (QED) is 0.340. The predicted molar refractivity (Wildman–Crippen MR) is 130 cm³/mol. The number of nitrogens with zero attached hydrogens (tertiary/aromatic N) is 2. The van der Waals surface area contributed by atoms with E-state index in [0.29, 0.717) is 0 Å². The van der Waals surface area contributed by atoms with Gasteiger partial charge in [0.25, 0.3) is 0 Å². The lowest BCUT2D eigenvalue weighted by molar-refractivity contribution is 0.648. The van der Waals surface area contributed by atoms with Crippen molar-refractivity contribution < 1.29 is 4.42 Å². The zero-order valence-corrected chi connectivity index (χ0v) is 17.2. The fourth-order valence-corrected chi connectivity index (χ4v) is 4.93. The number of hydrogen-bond donors (Lipinski definition) is 1. The van der Waals surface area contributed by atoms with Crippen LogP contribution in [0.1, 0.15) is 11.6 Å². The Morgan fingerprint density at radius 3 is 2.56 bits per heavy atom. The third-order valence-electron chi connectivity index (χ3n) is 6.35. The van der Waals surface area contributed by atoms with Crippen molar-refractivity contribution in [1.82, 2.24) is 14.9 Å². The standard InChI is InChI=1S/C28H19N3O/c1-3-12-24-18(7-1)19-15-16-29-17-25(19)31(24)27-14-6-11-23(30-27)22-10-5-9-21-20-8-2-4-13-26(20)32-28(21)22/h1-17,23,30H. The third-order valence-corrected chi connectivity index (χ3v) is 6.35. The molecular formula is C28H19N3O. The molecule has 0 radical (unpaired) electrons. The van der Waals surface area contributed by atoms with Crippen LogP contribution in [0.4, 0.5) is 0 Å². The van der Waals surface area contributed by atoms with Crippen LogP contribution in [0, 0.1) is 0 Å². The molecule has 152 valence electrons. The van der Waals surface area contributed by atoms with Gasteiger partial charge < -0.3 is 9.73 Å². The van der Waals surface area contributed by atoms with E-state index in [2.05, 4.69) is 93.8 Å². The van der Waals surface area contributed by atoms with Gasteiger partial charge >= 0.3 is 0 Å². The topological polar surface area (TPSA) is 43.0 Å². The Balaban J connectivity index is 1.39. The SMILES string of the molecule is C1=CC(c2cccc3c2oc2ccccc23)NC(n2c3ccccc3c3ccncc32)=C1. The Bertz CT molecular complexity index is 1660. The lowest BCUT2D eigenvalue weighted by Gasteiger charge is -2.24. The second kappa shape index (κ2) is 6.59. The summed E-state index contributed by atoms with van der Waals surface area (Å²) in [4.78, 5) is 4.40. The molecule has 0 saturated carbocycles. The number of para-hydroxylation sites is 3. The van der Waals surface area contributed by atoms with Crippen LogP contribution >= 0.6 is 0 Å². The highest BCUT2D eigenvalue weighted by Crippen LogP contribution is 2.36. The number of nitrogens with one attached hydrogen (secondary N) is 1. The maximum absolute atomic E-state index is 6.29. The van der Waals surface area contributed by atoms with Crippen molar-refractivity contribution in [2.45, 2.75) is 6.04 Å². The van der Waals surface area contributed by atoms with Crippen molar-refractivity contribution in [3.63, 3.8) is 0 Å². The molecule has 3 aromatic heterocycles. The van der Waals surface area contributed by atoms with E-state index in [1.54, 1.807) is 0 Å². The molecule has 6 aromatic rings. The minimum atomic E-state index is -0.00727. The molecule has 1 N–H and O–H groups in total. The van der Waals surface area contributed by atoms with Gasteiger partial charge in [-0.25, -0.2) is 0 Å². The molecule has 32 heavy (non-hydrogen) atoms. The van der Waals surface area contributed by atoms with Gasteiger partial charge in [-0.2, -0.15) is 0 Å². The normalized spacial score (nSPS) is 16.1. The summed E-state index contributed by atoms with van der Waals surface area (Å²) in [6, 6.07) is 25.2. The smallest absolute Gasteiger partial charge is 0.141 e. The summed E-state index contributed by atoms with van der Waals surface area (Å²) in [5.74, 6) is 1.02. The first kappa shape index (κ1) is 17.4. The van der Waals surface area contributed by atoms with Crippen molar-refractivity contribution in [3.8, 4) is 0 Å². The molecule has 1 atom stereocenters. The molecule has 4 nitrogen and oxygen atoms in total. The number of aromatic nitrogens is 2. The Morgan fingerprint density at radius 1 is 0.781 bits per heavy atom. The predicted octanol–water partition coefficient (Wildman–Crippen LogP) is 6.79. The second-order valence-corrected chi connectivity index (χ2v) is 8.13. The summed E-state index contributed by atoms with van der Waals surface area (Å²) >= 11 is 0. The molecule has 0 saturated heterocycles. The highest BCUT2D eigenvalue weighted by molar-refractivity contribution is 6.10. The average molecular weight is 413 g/mol. The van der Waals surface area contributed by atoms with E-state index in [9.17, 15) is 0 Å². The zero-order chi connectivity index (χ0) is 21.1. The van der Waals surface area contributed by atoms with Crippen LogP contribution in [0.5, 0.6) is 0 Å². The van der Waals surface area contributed by atoms with Crippen LogP contribution in [0.2, 0.25) is 0 Å². The van der Waals surface area contributed by atoms with Crippen LogP contribution in [-0.4, -0.2) is 9.55 Å². The summed E-state index contributed by atoms with van der Waals surface area (Å²) in [6.45, 7) is 0. The van der Waals surface area contributed by atoms with Gasteiger partial charge in [0.2, 0.25) is 0 Å². The van der Waals surface area contributed by atoms with Gasteiger partial charge in [0.05, 0.1) is 23.3 Å². The highest BCUT2D eigenvalue weighted by Gasteiger charge is 2.21. The van der Waals surface area contributed by atoms with Gasteiger partial charge in [0, 0.05) is 33.3 Å². The number of benzene rings is 3. The van der Waals surface area contributed by atoms with Gasteiger partial charge in [-0.1, -0.05) is 66.7 Å². The van der Waals surface area contributed by atoms with E-state index in [1.165, 1.54) is 10.8 Å². The molecule has 4 heteroatoms. The summed E-state index contributed by atoms with van der Waals surface area (Å²) < 4.78 is 8.55. The monoisotopic (exact) mass is 413 g/mol. The average Bonchev–Trinajstić information content (AvgIpc) is 3.40. The molecule has 0 amide bonds. The minimum Gasteiger partial charge on any atom is -0.456 e. The van der Waals surface area contributed by atoms with Crippen molar-refractivity contribution in [2.24, 2.45) is 0 Å². The molecule has 0 aliphatic carbocycles. The number of dihydropyridines is 1. The Morgan fingerprint density at radius 2 is 1.59 bits per heavy atom. The summed E-state index contributed by atoms with van der Waals surface area (Å²) in [5, 5.41) is 8.45. The van der Waals surface area contributed by atoms with Crippen molar-refractivity contribution >= 4 is 49.6 Å². The van der Waals surface area contributed by atoms with E-state index >= 15 is 0 Å². The van der Waals surface area contributed by atoms with Crippen LogP contribution in [-0.2, 0) is 0 Å². The number of hydrogen-bond acceptors (Lipinski definition) is 3. The van der Waals surface area contributed by atoms with Gasteiger partial charge in [-0.15, -0.1) is 0 Å². The lowest BCUT2D eigenvalue weighted by atomic mass is 10.0.